The van der Waals surface area contributed by atoms with Gasteiger partial charge in [-0.3, -0.25) is 0 Å². The van der Waals surface area contributed by atoms with E-state index in [0.29, 0.717) is 16.9 Å². The normalized spacial score (nSPS) is 22.2. The molecule has 1 heterocycles. The second kappa shape index (κ2) is 6.39. The van der Waals surface area contributed by atoms with Crippen molar-refractivity contribution in [3.63, 3.8) is 0 Å². The molecule has 0 amide bonds. The molecule has 2 aromatic rings. The van der Waals surface area contributed by atoms with Crippen molar-refractivity contribution in [1.82, 2.24) is 5.32 Å². The Morgan fingerprint density at radius 2 is 1.90 bits per heavy atom. The Hall–Kier alpha value is -1.02. The van der Waals surface area contributed by atoms with Gasteiger partial charge in [-0.05, 0) is 49.1 Å². The van der Waals surface area contributed by atoms with Crippen LogP contribution in [0.25, 0.3) is 0 Å². The van der Waals surface area contributed by atoms with Gasteiger partial charge in [-0.2, -0.15) is 0 Å². The number of nitrogens with one attached hydrogen (secondary N) is 1. The lowest BCUT2D eigenvalue weighted by atomic mass is 9.77. The van der Waals surface area contributed by atoms with E-state index in [1.54, 1.807) is 0 Å². The Morgan fingerprint density at radius 1 is 1.05 bits per heavy atom. The van der Waals surface area contributed by atoms with Gasteiger partial charge >= 0.3 is 0 Å². The molecule has 2 aromatic carbocycles. The van der Waals surface area contributed by atoms with Gasteiger partial charge in [0.15, 0.2) is 0 Å². The third kappa shape index (κ3) is 3.26. The zero-order valence-electron chi connectivity index (χ0n) is 12.1. The van der Waals surface area contributed by atoms with Crippen molar-refractivity contribution in [2.45, 2.75) is 25.2 Å². The third-order valence-electron chi connectivity index (χ3n) is 4.31. The Balaban J connectivity index is 1.98. The molecular formula is C18H19Cl2N. The molecule has 1 aliphatic heterocycles. The van der Waals surface area contributed by atoms with Crippen molar-refractivity contribution < 1.29 is 0 Å². The molecule has 2 unspecified atom stereocenters. The van der Waals surface area contributed by atoms with Crippen molar-refractivity contribution >= 4 is 23.2 Å². The van der Waals surface area contributed by atoms with Crippen LogP contribution in [0.2, 0.25) is 10.0 Å². The van der Waals surface area contributed by atoms with Crippen LogP contribution in [0, 0.1) is 6.92 Å². The maximum atomic E-state index is 6.44. The third-order valence-corrected chi connectivity index (χ3v) is 4.88. The average Bonchev–Trinajstić information content (AvgIpc) is 2.47. The van der Waals surface area contributed by atoms with Gasteiger partial charge in [0.05, 0.1) is 0 Å². The van der Waals surface area contributed by atoms with Crippen LogP contribution in [-0.2, 0) is 0 Å². The summed E-state index contributed by atoms with van der Waals surface area (Å²) in [7, 11) is 0. The Morgan fingerprint density at radius 3 is 2.67 bits per heavy atom. The molecule has 1 N–H and O–H groups in total. The first-order valence-electron chi connectivity index (χ1n) is 7.37. The highest BCUT2D eigenvalue weighted by molar-refractivity contribution is 6.35. The van der Waals surface area contributed by atoms with Gasteiger partial charge in [0, 0.05) is 22.5 Å². The SMILES string of the molecule is Cc1cccc(C2CNCCC2c2ccc(Cl)cc2Cl)c1. The lowest BCUT2D eigenvalue weighted by Gasteiger charge is -2.33. The van der Waals surface area contributed by atoms with Gasteiger partial charge in [-0.25, -0.2) is 0 Å². The molecule has 21 heavy (non-hydrogen) atoms. The van der Waals surface area contributed by atoms with E-state index >= 15 is 0 Å². The van der Waals surface area contributed by atoms with Gasteiger partial charge in [-0.1, -0.05) is 59.1 Å². The molecule has 0 spiro atoms. The molecular weight excluding hydrogens is 301 g/mol. The molecule has 1 aliphatic rings. The van der Waals surface area contributed by atoms with Gasteiger partial charge in [0.2, 0.25) is 0 Å². The lowest BCUT2D eigenvalue weighted by molar-refractivity contribution is 0.404. The number of benzene rings is 2. The summed E-state index contributed by atoms with van der Waals surface area (Å²) in [6.45, 7) is 4.17. The fraction of sp³-hybridized carbons (Fsp3) is 0.333. The quantitative estimate of drug-likeness (QED) is 0.805. The van der Waals surface area contributed by atoms with Gasteiger partial charge in [0.1, 0.15) is 0 Å². The number of piperidine rings is 1. The van der Waals surface area contributed by atoms with Crippen molar-refractivity contribution in [3.05, 3.63) is 69.2 Å². The van der Waals surface area contributed by atoms with Gasteiger partial charge in [-0.15, -0.1) is 0 Å². The smallest absolute Gasteiger partial charge is 0.0455 e. The topological polar surface area (TPSA) is 12.0 Å². The fourth-order valence-electron chi connectivity index (χ4n) is 3.28. The number of hydrogen-bond acceptors (Lipinski definition) is 1. The molecule has 1 saturated heterocycles. The van der Waals surface area contributed by atoms with Crippen molar-refractivity contribution in [2.24, 2.45) is 0 Å². The summed E-state index contributed by atoms with van der Waals surface area (Å²) < 4.78 is 0. The molecule has 0 saturated carbocycles. The van der Waals surface area contributed by atoms with E-state index in [1.165, 1.54) is 16.7 Å². The van der Waals surface area contributed by atoms with E-state index in [1.807, 2.05) is 12.1 Å². The maximum Gasteiger partial charge on any atom is 0.0455 e. The molecule has 0 bridgehead atoms. The predicted molar refractivity (Wildman–Crippen MR) is 90.6 cm³/mol. The number of rotatable bonds is 2. The number of aryl methyl sites for hydroxylation is 1. The highest BCUT2D eigenvalue weighted by Crippen LogP contribution is 2.40. The molecule has 1 fully saturated rings. The molecule has 2 atom stereocenters. The highest BCUT2D eigenvalue weighted by atomic mass is 35.5. The van der Waals surface area contributed by atoms with Crippen LogP contribution >= 0.6 is 23.2 Å². The van der Waals surface area contributed by atoms with Crippen LogP contribution in [0.15, 0.2) is 42.5 Å². The fourth-order valence-corrected chi connectivity index (χ4v) is 3.83. The summed E-state index contributed by atoms with van der Waals surface area (Å²) in [5, 5.41) is 5.00. The number of hydrogen-bond donors (Lipinski definition) is 1. The Bertz CT molecular complexity index is 639. The minimum atomic E-state index is 0.442. The van der Waals surface area contributed by atoms with E-state index in [9.17, 15) is 0 Å². The summed E-state index contributed by atoms with van der Waals surface area (Å²) in [6, 6.07) is 14.7. The summed E-state index contributed by atoms with van der Waals surface area (Å²) in [6.07, 6.45) is 1.10. The van der Waals surface area contributed by atoms with Crippen molar-refractivity contribution in [3.8, 4) is 0 Å². The standard InChI is InChI=1S/C18H19Cl2N/c1-12-3-2-4-13(9-12)17-11-21-8-7-15(17)16-6-5-14(19)10-18(16)20/h2-6,9-10,15,17,21H,7-8,11H2,1H3. The van der Waals surface area contributed by atoms with E-state index in [-0.39, 0.29) is 0 Å². The van der Waals surface area contributed by atoms with Crippen LogP contribution in [0.3, 0.4) is 0 Å². The summed E-state index contributed by atoms with van der Waals surface area (Å²) in [4.78, 5) is 0. The van der Waals surface area contributed by atoms with Crippen LogP contribution in [-0.4, -0.2) is 13.1 Å². The van der Waals surface area contributed by atoms with Crippen LogP contribution < -0.4 is 5.32 Å². The Kier molecular flexibility index (Phi) is 4.54. The monoisotopic (exact) mass is 319 g/mol. The first kappa shape index (κ1) is 14.9. The second-order valence-electron chi connectivity index (χ2n) is 5.79. The maximum absolute atomic E-state index is 6.44. The summed E-state index contributed by atoms with van der Waals surface area (Å²) in [5.74, 6) is 0.898. The highest BCUT2D eigenvalue weighted by Gasteiger charge is 2.29. The van der Waals surface area contributed by atoms with Crippen LogP contribution in [0.1, 0.15) is 34.9 Å². The van der Waals surface area contributed by atoms with E-state index in [0.717, 1.165) is 24.5 Å². The molecule has 1 nitrogen and oxygen atoms in total. The predicted octanol–water partition coefficient (Wildman–Crippen LogP) is 5.16. The summed E-state index contributed by atoms with van der Waals surface area (Å²) >= 11 is 12.5. The minimum absolute atomic E-state index is 0.442. The zero-order valence-corrected chi connectivity index (χ0v) is 13.6. The first-order valence-corrected chi connectivity index (χ1v) is 8.13. The first-order chi connectivity index (χ1) is 10.1. The lowest BCUT2D eigenvalue weighted by Crippen LogP contribution is -2.34. The van der Waals surface area contributed by atoms with Crippen LogP contribution in [0.4, 0.5) is 0 Å². The van der Waals surface area contributed by atoms with Gasteiger partial charge in [0.25, 0.3) is 0 Å². The van der Waals surface area contributed by atoms with Crippen molar-refractivity contribution in [2.75, 3.05) is 13.1 Å². The largest absolute Gasteiger partial charge is 0.316 e. The van der Waals surface area contributed by atoms with E-state index < -0.39 is 0 Å². The van der Waals surface area contributed by atoms with Gasteiger partial charge < -0.3 is 5.32 Å². The molecule has 0 aliphatic carbocycles. The zero-order chi connectivity index (χ0) is 14.8. The molecule has 3 rings (SSSR count). The molecule has 110 valence electrons. The van der Waals surface area contributed by atoms with E-state index in [2.05, 4.69) is 42.6 Å². The van der Waals surface area contributed by atoms with Crippen LogP contribution in [0.5, 0.6) is 0 Å². The summed E-state index contributed by atoms with van der Waals surface area (Å²) in [5.41, 5.74) is 3.91. The average molecular weight is 320 g/mol. The molecule has 0 radical (unpaired) electrons. The van der Waals surface area contributed by atoms with E-state index in [4.69, 9.17) is 23.2 Å². The second-order valence-corrected chi connectivity index (χ2v) is 6.63. The Labute approximate surface area is 136 Å². The number of halogens is 2. The minimum Gasteiger partial charge on any atom is -0.316 e. The van der Waals surface area contributed by atoms with Crippen molar-refractivity contribution in [1.29, 1.82) is 0 Å². The molecule has 3 heteroatoms. The molecule has 0 aromatic heterocycles.